The van der Waals surface area contributed by atoms with Crippen molar-refractivity contribution in [1.29, 1.82) is 0 Å². The fraction of sp³-hybridized carbons (Fsp3) is 0.500. The topological polar surface area (TPSA) is 107 Å². The number of piperidine rings is 1. The van der Waals surface area contributed by atoms with Gasteiger partial charge in [-0.15, -0.1) is 11.8 Å². The van der Waals surface area contributed by atoms with E-state index in [1.165, 1.54) is 18.9 Å². The van der Waals surface area contributed by atoms with E-state index in [4.69, 9.17) is 9.26 Å². The number of thioether (sulfide) groups is 1. The molecule has 0 spiro atoms. The van der Waals surface area contributed by atoms with Gasteiger partial charge in [0.2, 0.25) is 11.8 Å². The van der Waals surface area contributed by atoms with E-state index >= 15 is 0 Å². The second kappa shape index (κ2) is 9.84. The highest BCUT2D eigenvalue weighted by Gasteiger charge is 2.27. The molecule has 0 radical (unpaired) electrons. The zero-order valence-corrected chi connectivity index (χ0v) is 18.1. The highest BCUT2D eigenvalue weighted by atomic mass is 32.2. The van der Waals surface area contributed by atoms with Crippen LogP contribution in [0.25, 0.3) is 0 Å². The maximum atomic E-state index is 12.6. The van der Waals surface area contributed by atoms with Gasteiger partial charge in [0.1, 0.15) is 11.5 Å². The quantitative estimate of drug-likeness (QED) is 0.667. The van der Waals surface area contributed by atoms with Gasteiger partial charge in [0.25, 0.3) is 0 Å². The van der Waals surface area contributed by atoms with E-state index in [0.29, 0.717) is 30.4 Å². The molecule has 9 nitrogen and oxygen atoms in total. The second-order valence-corrected chi connectivity index (χ2v) is 8.50. The number of hydrogen-bond donors (Lipinski definition) is 1. The second-order valence-electron chi connectivity index (χ2n) is 7.17. The number of esters is 1. The molecule has 0 bridgehead atoms. The van der Waals surface area contributed by atoms with E-state index < -0.39 is 5.25 Å². The number of likely N-dealkylation sites (tertiary alicyclic amines) is 1. The first-order valence-electron chi connectivity index (χ1n) is 9.77. The number of aryl methyl sites for hydroxylation is 1. The normalized spacial score (nSPS) is 15.6. The van der Waals surface area contributed by atoms with Crippen LogP contribution in [-0.2, 0) is 14.3 Å². The van der Waals surface area contributed by atoms with Crippen LogP contribution in [-0.4, -0.2) is 63.6 Å². The largest absolute Gasteiger partial charge is 0.464 e. The third-order valence-corrected chi connectivity index (χ3v) is 6.22. The lowest BCUT2D eigenvalue weighted by Gasteiger charge is -2.33. The summed E-state index contributed by atoms with van der Waals surface area (Å²) < 4.78 is 11.7. The molecule has 1 N–H and O–H groups in total. The Kier molecular flexibility index (Phi) is 7.20. The zero-order valence-electron chi connectivity index (χ0n) is 17.3. The minimum absolute atomic E-state index is 0.0103. The monoisotopic (exact) mass is 434 g/mol. The maximum Gasteiger partial charge on any atom is 0.354 e. The molecule has 2 amide bonds. The Balaban J connectivity index is 1.44. The van der Waals surface area contributed by atoms with Crippen molar-refractivity contribution >= 4 is 35.4 Å². The molecular formula is C20H26N4O5S. The fourth-order valence-electron chi connectivity index (χ4n) is 3.40. The van der Waals surface area contributed by atoms with Gasteiger partial charge in [-0.2, -0.15) is 0 Å². The van der Waals surface area contributed by atoms with Gasteiger partial charge in [-0.25, -0.2) is 4.79 Å². The highest BCUT2D eigenvalue weighted by molar-refractivity contribution is 8.01. The number of rotatable bonds is 7. The van der Waals surface area contributed by atoms with E-state index in [-0.39, 0.29) is 29.6 Å². The summed E-state index contributed by atoms with van der Waals surface area (Å²) >= 11 is 1.29. The van der Waals surface area contributed by atoms with Crippen LogP contribution >= 0.6 is 11.8 Å². The lowest BCUT2D eigenvalue weighted by Crippen LogP contribution is -2.40. The molecule has 162 valence electrons. The van der Waals surface area contributed by atoms with Crippen molar-refractivity contribution in [1.82, 2.24) is 14.6 Å². The third-order valence-electron chi connectivity index (χ3n) is 5.09. The molecule has 1 fully saturated rings. The van der Waals surface area contributed by atoms with Crippen LogP contribution in [0.15, 0.2) is 28.9 Å². The molecule has 3 heterocycles. The molecule has 1 atom stereocenters. The number of amides is 2. The number of nitrogens with zero attached hydrogens (tertiary/aromatic N) is 3. The molecule has 1 aliphatic rings. The number of carbonyl (C=O) groups is 3. The van der Waals surface area contributed by atoms with E-state index in [1.54, 1.807) is 26.0 Å². The van der Waals surface area contributed by atoms with Crippen molar-refractivity contribution in [3.05, 3.63) is 35.9 Å². The smallest absolute Gasteiger partial charge is 0.354 e. The summed E-state index contributed by atoms with van der Waals surface area (Å²) in [5.74, 6) is 0.646. The van der Waals surface area contributed by atoms with Gasteiger partial charge in [0.15, 0.2) is 5.82 Å². The Bertz CT molecular complexity index is 901. The SMILES string of the molecule is COC(=O)c1cccn1C1CCN(C(=O)CSC(C)C(=O)Nc2cc(C)on2)CC1. The number of hydrogen-bond acceptors (Lipinski definition) is 7. The van der Waals surface area contributed by atoms with Crippen molar-refractivity contribution in [2.24, 2.45) is 0 Å². The molecule has 1 saturated heterocycles. The Hall–Kier alpha value is -2.75. The Labute approximate surface area is 179 Å². The van der Waals surface area contributed by atoms with Crippen molar-refractivity contribution in [3.8, 4) is 0 Å². The third kappa shape index (κ3) is 5.24. The van der Waals surface area contributed by atoms with Crippen LogP contribution in [0.3, 0.4) is 0 Å². The number of carbonyl (C=O) groups excluding carboxylic acids is 3. The molecule has 2 aromatic heterocycles. The van der Waals surface area contributed by atoms with Crippen molar-refractivity contribution in [2.45, 2.75) is 38.0 Å². The molecule has 3 rings (SSSR count). The summed E-state index contributed by atoms with van der Waals surface area (Å²) in [4.78, 5) is 38.5. The molecule has 0 aliphatic carbocycles. The average molecular weight is 435 g/mol. The van der Waals surface area contributed by atoms with E-state index in [0.717, 1.165) is 12.8 Å². The standard InChI is InChI=1S/C20H26N4O5S/c1-13-11-17(22-29-13)21-19(26)14(2)30-12-18(25)23-9-6-15(7-10-23)24-8-4-5-16(24)20(27)28-3/h4-5,8,11,14-15H,6-7,9-10,12H2,1-3H3,(H,21,22,26). The molecule has 30 heavy (non-hydrogen) atoms. The van der Waals surface area contributed by atoms with Gasteiger partial charge in [-0.3, -0.25) is 9.59 Å². The molecule has 1 aliphatic heterocycles. The van der Waals surface area contributed by atoms with Gasteiger partial charge >= 0.3 is 5.97 Å². The number of aromatic nitrogens is 2. The van der Waals surface area contributed by atoms with E-state index in [9.17, 15) is 14.4 Å². The first-order chi connectivity index (χ1) is 14.4. The average Bonchev–Trinajstić information content (AvgIpc) is 3.40. The van der Waals surface area contributed by atoms with Crippen LogP contribution in [0.4, 0.5) is 5.82 Å². The van der Waals surface area contributed by atoms with E-state index in [1.807, 2.05) is 21.7 Å². The number of nitrogens with one attached hydrogen (secondary N) is 1. The zero-order chi connectivity index (χ0) is 21.7. The first kappa shape index (κ1) is 21.9. The first-order valence-corrected chi connectivity index (χ1v) is 10.8. The summed E-state index contributed by atoms with van der Waals surface area (Å²) in [5, 5.41) is 6.01. The molecular weight excluding hydrogens is 408 g/mol. The fourth-order valence-corrected chi connectivity index (χ4v) is 4.19. The van der Waals surface area contributed by atoms with Gasteiger partial charge in [0.05, 0.1) is 18.1 Å². The molecule has 2 aromatic rings. The summed E-state index contributed by atoms with van der Waals surface area (Å²) in [7, 11) is 1.37. The minimum atomic E-state index is -0.397. The Morgan fingerprint density at radius 2 is 2.10 bits per heavy atom. The van der Waals surface area contributed by atoms with Gasteiger partial charge in [-0.1, -0.05) is 5.16 Å². The van der Waals surface area contributed by atoms with Crippen LogP contribution in [0.1, 0.15) is 42.1 Å². The lowest BCUT2D eigenvalue weighted by atomic mass is 10.0. The molecule has 0 aromatic carbocycles. The molecule has 1 unspecified atom stereocenters. The molecule has 10 heteroatoms. The van der Waals surface area contributed by atoms with Crippen molar-refractivity contribution in [3.63, 3.8) is 0 Å². The van der Waals surface area contributed by atoms with E-state index in [2.05, 4.69) is 10.5 Å². The highest BCUT2D eigenvalue weighted by Crippen LogP contribution is 2.26. The predicted molar refractivity (Wildman–Crippen MR) is 112 cm³/mol. The summed E-state index contributed by atoms with van der Waals surface area (Å²) in [6.07, 6.45) is 3.40. The predicted octanol–water partition coefficient (Wildman–Crippen LogP) is 2.50. The maximum absolute atomic E-state index is 12.6. The summed E-state index contributed by atoms with van der Waals surface area (Å²) in [6, 6.07) is 5.36. The van der Waals surface area contributed by atoms with Gasteiger partial charge < -0.3 is 24.0 Å². The van der Waals surface area contributed by atoms with Crippen LogP contribution < -0.4 is 5.32 Å². The van der Waals surface area contributed by atoms with Crippen LogP contribution in [0, 0.1) is 6.92 Å². The number of methoxy groups -OCH3 is 1. The summed E-state index contributed by atoms with van der Waals surface area (Å²) in [5.41, 5.74) is 0.528. The summed E-state index contributed by atoms with van der Waals surface area (Å²) in [6.45, 7) is 4.73. The van der Waals surface area contributed by atoms with Gasteiger partial charge in [0, 0.05) is 31.4 Å². The molecule has 0 saturated carbocycles. The minimum Gasteiger partial charge on any atom is -0.464 e. The Morgan fingerprint density at radius 1 is 1.37 bits per heavy atom. The lowest BCUT2D eigenvalue weighted by molar-refractivity contribution is -0.129. The van der Waals surface area contributed by atoms with Crippen LogP contribution in [0.5, 0.6) is 0 Å². The van der Waals surface area contributed by atoms with Crippen LogP contribution in [0.2, 0.25) is 0 Å². The number of ether oxygens (including phenoxy) is 1. The van der Waals surface area contributed by atoms with Crippen molar-refractivity contribution < 1.29 is 23.6 Å². The Morgan fingerprint density at radius 3 is 2.73 bits per heavy atom. The van der Waals surface area contributed by atoms with Crippen molar-refractivity contribution in [2.75, 3.05) is 31.3 Å². The number of anilines is 1. The van der Waals surface area contributed by atoms with Gasteiger partial charge in [-0.05, 0) is 38.8 Å².